The minimum atomic E-state index is -6.29. The zero-order valence-corrected chi connectivity index (χ0v) is 21.3. The normalized spacial score (nSPS) is 11.7. The second kappa shape index (κ2) is 10.4. The molecule has 0 heterocycles. The van der Waals surface area contributed by atoms with Gasteiger partial charge in [0.25, 0.3) is 0 Å². The van der Waals surface area contributed by atoms with E-state index in [-0.39, 0.29) is 11.1 Å². The Morgan fingerprint density at radius 1 is 0.351 bits per heavy atom. The van der Waals surface area contributed by atoms with Gasteiger partial charge in [-0.25, -0.2) is 0 Å². The Kier molecular flexibility index (Phi) is 7.59. The van der Waals surface area contributed by atoms with Crippen LogP contribution in [0.3, 0.4) is 0 Å². The summed E-state index contributed by atoms with van der Waals surface area (Å²) in [6.07, 6.45) is 0. The quantitative estimate of drug-likeness (QED) is 0.103. The van der Waals surface area contributed by atoms with Crippen molar-refractivity contribution in [2.75, 3.05) is 0 Å². The molecule has 0 radical (unpaired) electrons. The first kappa shape index (κ1) is 27.0. The van der Waals surface area contributed by atoms with Gasteiger partial charge in [-0.1, -0.05) is 0 Å². The number of rotatable bonds is 6. The maximum absolute atomic E-state index is 15.4. The van der Waals surface area contributed by atoms with E-state index in [0.29, 0.717) is 0 Å². The van der Waals surface area contributed by atoms with Crippen molar-refractivity contribution in [3.05, 3.63) is 130 Å². The minimum absolute atomic E-state index is 0.141. The van der Waals surface area contributed by atoms with Crippen LogP contribution in [-0.2, 0) is 8.87 Å². The third-order valence-corrected chi connectivity index (χ3v) is 19.8. The first-order valence-electron chi connectivity index (χ1n) is 10.6. The molecule has 0 aliphatic rings. The van der Waals surface area contributed by atoms with Crippen molar-refractivity contribution in [2.24, 2.45) is 0 Å². The Morgan fingerprint density at radius 2 is 0.595 bits per heavy atom. The van der Waals surface area contributed by atoms with Crippen LogP contribution in [0.2, 0.25) is 0 Å². The summed E-state index contributed by atoms with van der Waals surface area (Å²) in [4.78, 5) is 0. The van der Waals surface area contributed by atoms with Crippen LogP contribution in [0.25, 0.3) is 0 Å². The molecule has 0 saturated carbocycles. The van der Waals surface area contributed by atoms with Gasteiger partial charge < -0.3 is 0 Å². The van der Waals surface area contributed by atoms with Crippen LogP contribution < -0.4 is 7.16 Å². The van der Waals surface area contributed by atoms with Crippen molar-refractivity contribution < 1.29 is 43.9 Å². The average Bonchev–Trinajstić information content (AvgIpc) is 2.90. The molecule has 0 aliphatic carbocycles. The molecule has 0 aromatic heterocycles. The van der Waals surface area contributed by atoms with E-state index in [1.54, 1.807) is 0 Å². The van der Waals surface area contributed by atoms with Gasteiger partial charge in [0.05, 0.1) is 0 Å². The molecule has 37 heavy (non-hydrogen) atoms. The van der Waals surface area contributed by atoms with E-state index in [4.69, 9.17) is 0 Å². The van der Waals surface area contributed by atoms with Crippen LogP contribution in [0, 0.1) is 58.2 Å². The third-order valence-electron chi connectivity index (χ3n) is 6.07. The number of benzene rings is 4. The van der Waals surface area contributed by atoms with Gasteiger partial charge in [0.1, 0.15) is 0 Å². The maximum atomic E-state index is 15.4. The molecule has 192 valence electrons. The van der Waals surface area contributed by atoms with Crippen molar-refractivity contribution in [1.82, 2.24) is 0 Å². The molecule has 0 atom stereocenters. The Bertz CT molecular complexity index is 1300. The molecule has 0 amide bonds. The molecule has 0 aliphatic heterocycles. The predicted molar refractivity (Wildman–Crippen MR) is 118 cm³/mol. The fourth-order valence-corrected chi connectivity index (χ4v) is 18.9. The van der Waals surface area contributed by atoms with Gasteiger partial charge in [-0.15, -0.1) is 0 Å². The van der Waals surface area contributed by atoms with E-state index in [2.05, 4.69) is 0 Å². The molecule has 0 fully saturated rings. The van der Waals surface area contributed by atoms with Crippen LogP contribution >= 0.6 is 0 Å². The third kappa shape index (κ3) is 4.60. The van der Waals surface area contributed by atoms with E-state index >= 15 is 17.6 Å². The molecule has 4 rings (SSSR count). The standard InChI is InChI=1S/2C7H7.2C6F5.Sn/c2*1-7-5-3-2-4-6-7;2*7-2-1-3(8)5(10)6(11)4(2)9;/h2*2-6H,1H2;;;. The van der Waals surface area contributed by atoms with Crippen LogP contribution in [0.5, 0.6) is 0 Å². The summed E-state index contributed by atoms with van der Waals surface area (Å²) in [5.41, 5.74) is 0.282. The molecule has 0 saturated heterocycles. The van der Waals surface area contributed by atoms with Gasteiger partial charge in [0.2, 0.25) is 0 Å². The molecule has 0 spiro atoms. The summed E-state index contributed by atoms with van der Waals surface area (Å²) in [7, 11) is 0. The Morgan fingerprint density at radius 3 is 0.865 bits per heavy atom. The molecule has 11 heteroatoms. The van der Waals surface area contributed by atoms with Gasteiger partial charge in [-0.05, 0) is 0 Å². The van der Waals surface area contributed by atoms with Crippen LogP contribution in [0.4, 0.5) is 43.9 Å². The summed E-state index contributed by atoms with van der Waals surface area (Å²) in [6.45, 7) is 0. The monoisotopic (exact) mass is 636 g/mol. The van der Waals surface area contributed by atoms with Crippen LogP contribution in [0.1, 0.15) is 11.1 Å². The predicted octanol–water partition coefficient (Wildman–Crippen LogP) is 6.20. The molecule has 0 N–H and O–H groups in total. The molecular weight excluding hydrogens is 621 g/mol. The van der Waals surface area contributed by atoms with Crippen LogP contribution in [0.15, 0.2) is 60.7 Å². The molecular formula is C26H14F10Sn. The average molecular weight is 635 g/mol. The Balaban J connectivity index is 2.24. The molecule has 0 unspecified atom stereocenters. The van der Waals surface area contributed by atoms with E-state index in [9.17, 15) is 26.3 Å². The van der Waals surface area contributed by atoms with E-state index in [0.717, 1.165) is 0 Å². The van der Waals surface area contributed by atoms with Gasteiger partial charge in [0.15, 0.2) is 0 Å². The molecule has 4 aromatic rings. The second-order valence-corrected chi connectivity index (χ2v) is 19.3. The van der Waals surface area contributed by atoms with Crippen molar-refractivity contribution in [3.63, 3.8) is 0 Å². The summed E-state index contributed by atoms with van der Waals surface area (Å²) in [5, 5.41) is 0. The summed E-state index contributed by atoms with van der Waals surface area (Å²) in [6, 6.07) is 14.2. The zero-order valence-electron chi connectivity index (χ0n) is 18.5. The van der Waals surface area contributed by atoms with Gasteiger partial charge >= 0.3 is 208 Å². The Hall–Kier alpha value is -3.02. The van der Waals surface area contributed by atoms with Crippen LogP contribution in [-0.4, -0.2) is 18.4 Å². The van der Waals surface area contributed by atoms with Crippen molar-refractivity contribution >= 4 is 25.5 Å². The van der Waals surface area contributed by atoms with E-state index in [1.165, 1.54) is 60.7 Å². The first-order valence-corrected chi connectivity index (χ1v) is 17.5. The van der Waals surface area contributed by atoms with Crippen molar-refractivity contribution in [3.8, 4) is 0 Å². The van der Waals surface area contributed by atoms with Gasteiger partial charge in [-0.3, -0.25) is 0 Å². The SMILES string of the molecule is Fc1c(F)c(F)[c]([Sn]([CH2]c2ccccc2)([CH2]c2ccccc2)[c]2c(F)c(F)c(F)c(F)c2F)c(F)c1F. The fraction of sp³-hybridized carbons (Fsp3) is 0.0769. The Labute approximate surface area is 208 Å². The van der Waals surface area contributed by atoms with Gasteiger partial charge in [-0.2, -0.15) is 0 Å². The van der Waals surface area contributed by atoms with Gasteiger partial charge in [0, 0.05) is 0 Å². The van der Waals surface area contributed by atoms with E-state index in [1.807, 2.05) is 0 Å². The number of hydrogen-bond donors (Lipinski definition) is 0. The number of hydrogen-bond acceptors (Lipinski definition) is 0. The van der Waals surface area contributed by atoms with E-state index < -0.39 is 92.6 Å². The summed E-state index contributed by atoms with van der Waals surface area (Å²) < 4.78 is 143. The second-order valence-electron chi connectivity index (χ2n) is 8.30. The summed E-state index contributed by atoms with van der Waals surface area (Å²) >= 11 is -6.29. The molecule has 0 bridgehead atoms. The first-order chi connectivity index (χ1) is 17.5. The van der Waals surface area contributed by atoms with Crippen molar-refractivity contribution in [2.45, 2.75) is 8.87 Å². The summed E-state index contributed by atoms with van der Waals surface area (Å²) in [5.74, 6) is -24.1. The number of halogens is 10. The van der Waals surface area contributed by atoms with Crippen molar-refractivity contribution in [1.29, 1.82) is 0 Å². The fourth-order valence-electron chi connectivity index (χ4n) is 4.48. The zero-order chi connectivity index (χ0) is 27.1. The molecule has 0 nitrogen and oxygen atoms in total. The molecule has 4 aromatic carbocycles. The topological polar surface area (TPSA) is 0 Å².